The van der Waals surface area contributed by atoms with Gasteiger partial charge in [-0.15, -0.1) is 0 Å². The molecule has 1 N–H and O–H groups in total. The first-order valence-electron chi connectivity index (χ1n) is 8.35. The molecule has 2 aliphatic rings. The fraction of sp³-hybridized carbons (Fsp3) is 0.667. The Bertz CT molecular complexity index is 443. The van der Waals surface area contributed by atoms with Crippen LogP contribution in [0.3, 0.4) is 0 Å². The van der Waals surface area contributed by atoms with E-state index in [0.29, 0.717) is 5.92 Å². The molecule has 0 bridgehead atoms. The molecule has 20 heavy (non-hydrogen) atoms. The van der Waals surface area contributed by atoms with E-state index in [0.717, 1.165) is 25.5 Å². The van der Waals surface area contributed by atoms with Crippen molar-refractivity contribution in [3.63, 3.8) is 0 Å². The predicted octanol–water partition coefficient (Wildman–Crippen LogP) is 3.89. The molecular weight excluding hydrogens is 246 g/mol. The van der Waals surface area contributed by atoms with Gasteiger partial charge in [0.25, 0.3) is 0 Å². The van der Waals surface area contributed by atoms with Gasteiger partial charge in [-0.2, -0.15) is 0 Å². The summed E-state index contributed by atoms with van der Waals surface area (Å²) in [6, 6.07) is 6.78. The molecule has 1 aromatic rings. The molecule has 0 spiro atoms. The van der Waals surface area contributed by atoms with Crippen molar-refractivity contribution in [3.8, 4) is 5.75 Å². The van der Waals surface area contributed by atoms with E-state index in [1.165, 1.54) is 55.5 Å². The molecule has 1 heterocycles. The summed E-state index contributed by atoms with van der Waals surface area (Å²) in [5.41, 5.74) is 2.91. The summed E-state index contributed by atoms with van der Waals surface area (Å²) in [6.07, 6.45) is 7.78. The highest BCUT2D eigenvalue weighted by atomic mass is 16.5. The molecule has 2 nitrogen and oxygen atoms in total. The molecule has 1 aromatic carbocycles. The van der Waals surface area contributed by atoms with Gasteiger partial charge in [0, 0.05) is 6.42 Å². The van der Waals surface area contributed by atoms with Crippen LogP contribution in [0.4, 0.5) is 0 Å². The normalized spacial score (nSPS) is 25.2. The minimum absolute atomic E-state index is 0.696. The summed E-state index contributed by atoms with van der Waals surface area (Å²) in [4.78, 5) is 0. The molecule has 2 atom stereocenters. The zero-order valence-corrected chi connectivity index (χ0v) is 12.7. The van der Waals surface area contributed by atoms with E-state index in [4.69, 9.17) is 4.74 Å². The van der Waals surface area contributed by atoms with Gasteiger partial charge in [0.1, 0.15) is 5.75 Å². The van der Waals surface area contributed by atoms with E-state index < -0.39 is 0 Å². The average Bonchev–Trinajstić information content (AvgIpc) is 2.96. The minimum atomic E-state index is 0.696. The van der Waals surface area contributed by atoms with Gasteiger partial charge < -0.3 is 10.1 Å². The summed E-state index contributed by atoms with van der Waals surface area (Å²) in [5, 5.41) is 3.63. The first kappa shape index (κ1) is 13.9. The number of para-hydroxylation sites is 1. The second-order valence-corrected chi connectivity index (χ2v) is 6.29. The van der Waals surface area contributed by atoms with E-state index in [2.05, 4.69) is 30.4 Å². The van der Waals surface area contributed by atoms with Crippen LogP contribution in [0.1, 0.15) is 56.1 Å². The van der Waals surface area contributed by atoms with Crippen molar-refractivity contribution in [1.82, 2.24) is 5.32 Å². The van der Waals surface area contributed by atoms with Crippen LogP contribution in [0.5, 0.6) is 5.75 Å². The molecule has 2 unspecified atom stereocenters. The molecule has 2 heteroatoms. The molecule has 1 fully saturated rings. The van der Waals surface area contributed by atoms with E-state index in [1.807, 2.05) is 0 Å². The van der Waals surface area contributed by atoms with Crippen molar-refractivity contribution < 1.29 is 4.74 Å². The molecule has 3 rings (SSSR count). The van der Waals surface area contributed by atoms with Gasteiger partial charge in [0.15, 0.2) is 0 Å². The van der Waals surface area contributed by atoms with Crippen molar-refractivity contribution in [3.05, 3.63) is 29.3 Å². The Balaban J connectivity index is 1.77. The minimum Gasteiger partial charge on any atom is -0.493 e. The Labute approximate surface area is 122 Å². The number of hydrogen-bond donors (Lipinski definition) is 1. The number of benzene rings is 1. The van der Waals surface area contributed by atoms with Gasteiger partial charge >= 0.3 is 0 Å². The zero-order chi connectivity index (χ0) is 13.8. The maximum Gasteiger partial charge on any atom is 0.126 e. The molecule has 0 radical (unpaired) electrons. The summed E-state index contributed by atoms with van der Waals surface area (Å²) in [5.74, 6) is 2.70. The van der Waals surface area contributed by atoms with Crippen LogP contribution in [0.15, 0.2) is 18.2 Å². The predicted molar refractivity (Wildman–Crippen MR) is 83.5 cm³/mol. The van der Waals surface area contributed by atoms with Crippen molar-refractivity contribution in [2.24, 2.45) is 5.92 Å². The standard InChI is InChI=1S/C18H27NO/c1-2-11-19-13-15-6-3-4-8-16(15)17-9-5-7-14-10-12-20-18(14)17/h5,7,9,15-16,19H,2-4,6,8,10-13H2,1H3. The van der Waals surface area contributed by atoms with Crippen LogP contribution in [0.25, 0.3) is 0 Å². The number of ether oxygens (including phenoxy) is 1. The van der Waals surface area contributed by atoms with E-state index >= 15 is 0 Å². The quantitative estimate of drug-likeness (QED) is 0.822. The molecule has 0 saturated heterocycles. The highest BCUT2D eigenvalue weighted by Gasteiger charge is 2.30. The van der Waals surface area contributed by atoms with Crippen molar-refractivity contribution >= 4 is 0 Å². The number of fused-ring (bicyclic) bond motifs is 1. The van der Waals surface area contributed by atoms with Gasteiger partial charge in [-0.3, -0.25) is 0 Å². The lowest BCUT2D eigenvalue weighted by Crippen LogP contribution is -2.30. The van der Waals surface area contributed by atoms with Crippen molar-refractivity contribution in [2.75, 3.05) is 19.7 Å². The molecule has 1 saturated carbocycles. The van der Waals surface area contributed by atoms with Gasteiger partial charge in [0.2, 0.25) is 0 Å². The highest BCUT2D eigenvalue weighted by Crippen LogP contribution is 2.43. The maximum absolute atomic E-state index is 5.94. The third kappa shape index (κ3) is 2.85. The topological polar surface area (TPSA) is 21.3 Å². The number of rotatable bonds is 5. The lowest BCUT2D eigenvalue weighted by Gasteiger charge is -2.33. The Kier molecular flexibility index (Phi) is 4.62. The van der Waals surface area contributed by atoms with Crippen LogP contribution in [0, 0.1) is 5.92 Å². The van der Waals surface area contributed by atoms with E-state index in [9.17, 15) is 0 Å². The fourth-order valence-corrected chi connectivity index (χ4v) is 3.86. The average molecular weight is 273 g/mol. The Morgan fingerprint density at radius 3 is 3.05 bits per heavy atom. The van der Waals surface area contributed by atoms with Gasteiger partial charge in [-0.1, -0.05) is 38.0 Å². The maximum atomic E-state index is 5.94. The largest absolute Gasteiger partial charge is 0.493 e. The van der Waals surface area contributed by atoms with Gasteiger partial charge in [0.05, 0.1) is 6.61 Å². The highest BCUT2D eigenvalue weighted by molar-refractivity contribution is 5.46. The lowest BCUT2D eigenvalue weighted by molar-refractivity contribution is 0.284. The number of nitrogens with one attached hydrogen (secondary N) is 1. The Morgan fingerprint density at radius 2 is 2.15 bits per heavy atom. The van der Waals surface area contributed by atoms with Crippen LogP contribution in [-0.4, -0.2) is 19.7 Å². The van der Waals surface area contributed by atoms with Crippen LogP contribution in [-0.2, 0) is 6.42 Å². The van der Waals surface area contributed by atoms with Crippen molar-refractivity contribution in [1.29, 1.82) is 0 Å². The van der Waals surface area contributed by atoms with Gasteiger partial charge in [-0.05, 0) is 55.3 Å². The van der Waals surface area contributed by atoms with Crippen molar-refractivity contribution in [2.45, 2.75) is 51.4 Å². The fourth-order valence-electron chi connectivity index (χ4n) is 3.86. The molecule has 0 aromatic heterocycles. The van der Waals surface area contributed by atoms with Crippen LogP contribution in [0.2, 0.25) is 0 Å². The first-order valence-corrected chi connectivity index (χ1v) is 8.35. The van der Waals surface area contributed by atoms with E-state index in [1.54, 1.807) is 0 Å². The first-order chi connectivity index (χ1) is 9.90. The second-order valence-electron chi connectivity index (χ2n) is 6.29. The Hall–Kier alpha value is -1.02. The van der Waals surface area contributed by atoms with Crippen LogP contribution < -0.4 is 10.1 Å². The third-order valence-corrected chi connectivity index (χ3v) is 4.89. The van der Waals surface area contributed by atoms with E-state index in [-0.39, 0.29) is 0 Å². The lowest BCUT2D eigenvalue weighted by atomic mass is 9.75. The summed E-state index contributed by atoms with van der Waals surface area (Å²) < 4.78 is 5.94. The Morgan fingerprint density at radius 1 is 1.25 bits per heavy atom. The molecule has 110 valence electrons. The second kappa shape index (κ2) is 6.62. The summed E-state index contributed by atoms with van der Waals surface area (Å²) >= 11 is 0. The smallest absolute Gasteiger partial charge is 0.126 e. The molecule has 0 amide bonds. The molecule has 1 aliphatic heterocycles. The third-order valence-electron chi connectivity index (χ3n) is 4.89. The van der Waals surface area contributed by atoms with Gasteiger partial charge in [-0.25, -0.2) is 0 Å². The monoisotopic (exact) mass is 273 g/mol. The SMILES string of the molecule is CCCNCC1CCCCC1c1cccc2c1OCC2. The zero-order valence-electron chi connectivity index (χ0n) is 12.7. The molecular formula is C18H27NO. The number of hydrogen-bond acceptors (Lipinski definition) is 2. The summed E-state index contributed by atoms with van der Waals surface area (Å²) in [6.45, 7) is 5.43. The summed E-state index contributed by atoms with van der Waals surface area (Å²) in [7, 11) is 0. The molecule has 1 aliphatic carbocycles. The van der Waals surface area contributed by atoms with Crippen LogP contribution >= 0.6 is 0 Å².